The first-order valence-corrected chi connectivity index (χ1v) is 15.1. The van der Waals surface area contributed by atoms with Gasteiger partial charge in [0, 0.05) is 18.2 Å². The first kappa shape index (κ1) is 32.5. The molecule has 0 radical (unpaired) electrons. The van der Waals surface area contributed by atoms with Crippen LogP contribution < -0.4 is 19.1 Å². The Balaban J connectivity index is 2.14. The number of ether oxygens (including phenoxy) is 2. The number of hydrogen-bond donors (Lipinski definition) is 1. The van der Waals surface area contributed by atoms with Crippen molar-refractivity contribution in [2.75, 3.05) is 25.1 Å². The second-order valence-electron chi connectivity index (χ2n) is 11.2. The van der Waals surface area contributed by atoms with Gasteiger partial charge in [-0.15, -0.1) is 0 Å². The van der Waals surface area contributed by atoms with E-state index in [0.717, 1.165) is 21.0 Å². The lowest BCUT2D eigenvalue weighted by Crippen LogP contribution is -2.54. The highest BCUT2D eigenvalue weighted by molar-refractivity contribution is 7.92. The molecule has 0 aliphatic rings. The molecule has 0 saturated carbocycles. The van der Waals surface area contributed by atoms with Crippen molar-refractivity contribution in [1.29, 1.82) is 0 Å². The Labute approximate surface area is 249 Å². The van der Waals surface area contributed by atoms with Crippen LogP contribution in [-0.2, 0) is 26.2 Å². The van der Waals surface area contributed by atoms with Crippen molar-refractivity contribution in [3.63, 3.8) is 0 Å². The van der Waals surface area contributed by atoms with Crippen LogP contribution in [0.25, 0.3) is 0 Å². The molecule has 0 aliphatic carbocycles. The Hall–Kier alpha value is -4.05. The van der Waals surface area contributed by atoms with Gasteiger partial charge in [0.15, 0.2) is 0 Å². The average molecular weight is 596 g/mol. The second kappa shape index (κ2) is 13.3. The minimum absolute atomic E-state index is 0.00903. The quantitative estimate of drug-likeness (QED) is 0.340. The number of amides is 2. The smallest absolute Gasteiger partial charge is 0.264 e. The lowest BCUT2D eigenvalue weighted by Gasteiger charge is -2.34. The first-order valence-electron chi connectivity index (χ1n) is 13.7. The summed E-state index contributed by atoms with van der Waals surface area (Å²) in [5.74, 6) is -0.285. The molecule has 0 bridgehead atoms. The molecule has 10 heteroatoms. The van der Waals surface area contributed by atoms with Crippen LogP contribution in [0.15, 0.2) is 71.6 Å². The van der Waals surface area contributed by atoms with Crippen molar-refractivity contribution in [1.82, 2.24) is 10.2 Å². The molecule has 2 amide bonds. The molecule has 0 aromatic heterocycles. The summed E-state index contributed by atoms with van der Waals surface area (Å²) >= 11 is 0. The van der Waals surface area contributed by atoms with Crippen molar-refractivity contribution in [2.45, 2.75) is 64.6 Å². The van der Waals surface area contributed by atoms with Gasteiger partial charge in [-0.25, -0.2) is 8.42 Å². The highest BCUT2D eigenvalue weighted by Gasteiger charge is 2.35. The van der Waals surface area contributed by atoms with Crippen molar-refractivity contribution in [3.8, 4) is 11.5 Å². The number of sulfonamides is 1. The SMILES string of the molecule is COc1ccc(OC)c(N(CC(=O)N(Cc2ccccc2C)C(C)C(=O)NC(C)(C)C)S(=O)(=O)c2ccc(C)cc2)c1. The van der Waals surface area contributed by atoms with Crippen LogP contribution in [0.1, 0.15) is 44.4 Å². The number of carbonyl (C=O) groups excluding carboxylic acids is 2. The maximum atomic E-state index is 14.2. The lowest BCUT2D eigenvalue weighted by molar-refractivity contribution is -0.140. The van der Waals surface area contributed by atoms with Gasteiger partial charge in [0.1, 0.15) is 24.1 Å². The monoisotopic (exact) mass is 595 g/mol. The van der Waals surface area contributed by atoms with E-state index in [-0.39, 0.29) is 28.8 Å². The zero-order valence-corrected chi connectivity index (χ0v) is 26.4. The van der Waals surface area contributed by atoms with Crippen molar-refractivity contribution < 1.29 is 27.5 Å². The number of methoxy groups -OCH3 is 2. The van der Waals surface area contributed by atoms with E-state index in [4.69, 9.17) is 9.47 Å². The fourth-order valence-electron chi connectivity index (χ4n) is 4.37. The molecule has 3 rings (SSSR count). The van der Waals surface area contributed by atoms with Gasteiger partial charge >= 0.3 is 0 Å². The van der Waals surface area contributed by atoms with E-state index in [2.05, 4.69) is 5.32 Å². The number of rotatable bonds is 11. The summed E-state index contributed by atoms with van der Waals surface area (Å²) in [6, 6.07) is 17.8. The Kier molecular flexibility index (Phi) is 10.3. The third-order valence-corrected chi connectivity index (χ3v) is 8.58. The molecule has 0 fully saturated rings. The van der Waals surface area contributed by atoms with Crippen LogP contribution in [0.5, 0.6) is 11.5 Å². The number of hydrogen-bond acceptors (Lipinski definition) is 6. The standard InChI is InChI=1S/C32H41N3O6S/c1-22-13-16-27(17-14-22)42(38,39)35(28-19-26(40-7)15-18-29(28)41-8)21-30(36)34(20-25-12-10-9-11-23(25)2)24(3)31(37)33-32(4,5)6/h9-19,24H,20-21H2,1-8H3,(H,33,37). The summed E-state index contributed by atoms with van der Waals surface area (Å²) in [7, 11) is -1.37. The summed E-state index contributed by atoms with van der Waals surface area (Å²) < 4.78 is 40.2. The Morgan fingerprint density at radius 3 is 2.14 bits per heavy atom. The fraction of sp³-hybridized carbons (Fsp3) is 0.375. The predicted molar refractivity (Wildman–Crippen MR) is 164 cm³/mol. The van der Waals surface area contributed by atoms with E-state index in [1.165, 1.54) is 37.3 Å². The molecule has 0 spiro atoms. The van der Waals surface area contributed by atoms with Crippen molar-refractivity contribution >= 4 is 27.5 Å². The Morgan fingerprint density at radius 2 is 1.57 bits per heavy atom. The van der Waals surface area contributed by atoms with Gasteiger partial charge in [-0.1, -0.05) is 42.0 Å². The summed E-state index contributed by atoms with van der Waals surface area (Å²) in [4.78, 5) is 28.9. The van der Waals surface area contributed by atoms with E-state index >= 15 is 0 Å². The molecule has 9 nitrogen and oxygen atoms in total. The second-order valence-corrected chi connectivity index (χ2v) is 13.1. The van der Waals surface area contributed by atoms with Gasteiger partial charge in [-0.05, 0) is 76.9 Å². The zero-order valence-electron chi connectivity index (χ0n) is 25.6. The summed E-state index contributed by atoms with van der Waals surface area (Å²) in [5, 5.41) is 2.93. The molecule has 226 valence electrons. The molecule has 3 aromatic carbocycles. The topological polar surface area (TPSA) is 105 Å². The fourth-order valence-corrected chi connectivity index (χ4v) is 5.79. The highest BCUT2D eigenvalue weighted by atomic mass is 32.2. The van der Waals surface area contributed by atoms with E-state index in [1.54, 1.807) is 31.2 Å². The maximum absolute atomic E-state index is 14.2. The normalized spacial score (nSPS) is 12.3. The molecular formula is C32H41N3O6S. The molecule has 0 saturated heterocycles. The minimum Gasteiger partial charge on any atom is -0.497 e. The zero-order chi connectivity index (χ0) is 31.2. The molecular weight excluding hydrogens is 554 g/mol. The molecule has 1 atom stereocenters. The molecule has 1 unspecified atom stereocenters. The summed E-state index contributed by atoms with van der Waals surface area (Å²) in [6.07, 6.45) is 0. The van der Waals surface area contributed by atoms with E-state index in [1.807, 2.05) is 58.9 Å². The summed E-state index contributed by atoms with van der Waals surface area (Å²) in [5.41, 5.74) is 2.27. The maximum Gasteiger partial charge on any atom is 0.264 e. The average Bonchev–Trinajstić information content (AvgIpc) is 2.93. The number of anilines is 1. The van der Waals surface area contributed by atoms with Crippen LogP contribution in [0, 0.1) is 13.8 Å². The van der Waals surface area contributed by atoms with Crippen LogP contribution in [0.3, 0.4) is 0 Å². The number of nitrogens with one attached hydrogen (secondary N) is 1. The van der Waals surface area contributed by atoms with E-state index < -0.39 is 34.1 Å². The van der Waals surface area contributed by atoms with Gasteiger partial charge in [-0.3, -0.25) is 13.9 Å². The number of nitrogens with zero attached hydrogens (tertiary/aromatic N) is 2. The van der Waals surface area contributed by atoms with Crippen LogP contribution in [0.2, 0.25) is 0 Å². The molecule has 0 aliphatic heterocycles. The number of benzene rings is 3. The van der Waals surface area contributed by atoms with Gasteiger partial charge in [-0.2, -0.15) is 0 Å². The highest BCUT2D eigenvalue weighted by Crippen LogP contribution is 2.36. The molecule has 42 heavy (non-hydrogen) atoms. The third-order valence-electron chi connectivity index (χ3n) is 6.81. The molecule has 1 N–H and O–H groups in total. The predicted octanol–water partition coefficient (Wildman–Crippen LogP) is 4.85. The van der Waals surface area contributed by atoms with Gasteiger partial charge in [0.05, 0.1) is 24.8 Å². The van der Waals surface area contributed by atoms with E-state index in [0.29, 0.717) is 5.75 Å². The number of aryl methyl sites for hydroxylation is 2. The summed E-state index contributed by atoms with van der Waals surface area (Å²) in [6.45, 7) is 10.5. The van der Waals surface area contributed by atoms with Crippen LogP contribution in [-0.4, -0.2) is 57.5 Å². The molecule has 0 heterocycles. The molecule has 3 aromatic rings. The number of carbonyl (C=O) groups is 2. The largest absolute Gasteiger partial charge is 0.497 e. The third kappa shape index (κ3) is 7.82. The minimum atomic E-state index is -4.26. The lowest BCUT2D eigenvalue weighted by atomic mass is 10.1. The van der Waals surface area contributed by atoms with Gasteiger partial charge < -0.3 is 19.7 Å². The Morgan fingerprint density at radius 1 is 0.929 bits per heavy atom. The van der Waals surface area contributed by atoms with Crippen molar-refractivity contribution in [2.24, 2.45) is 0 Å². The van der Waals surface area contributed by atoms with Crippen LogP contribution in [0.4, 0.5) is 5.69 Å². The van der Waals surface area contributed by atoms with Gasteiger partial charge in [0.2, 0.25) is 11.8 Å². The van der Waals surface area contributed by atoms with E-state index in [9.17, 15) is 18.0 Å². The van der Waals surface area contributed by atoms with Crippen molar-refractivity contribution in [3.05, 3.63) is 83.4 Å². The van der Waals surface area contributed by atoms with Gasteiger partial charge in [0.25, 0.3) is 10.0 Å². The van der Waals surface area contributed by atoms with Crippen LogP contribution >= 0.6 is 0 Å². The Bertz CT molecular complexity index is 1510. The first-order chi connectivity index (χ1) is 19.7.